The zero-order valence-corrected chi connectivity index (χ0v) is 19.2. The van der Waals surface area contributed by atoms with E-state index in [2.05, 4.69) is 65.5 Å². The van der Waals surface area contributed by atoms with Gasteiger partial charge in [-0.25, -0.2) is 0 Å². The maximum absolute atomic E-state index is 12.3. The van der Waals surface area contributed by atoms with Gasteiger partial charge in [0.2, 0.25) is 11.8 Å². The lowest BCUT2D eigenvalue weighted by Crippen LogP contribution is -2.29. The lowest BCUT2D eigenvalue weighted by Gasteiger charge is -2.20. The van der Waals surface area contributed by atoms with Crippen LogP contribution in [0, 0.1) is 0 Å². The second kappa shape index (κ2) is 11.6. The number of thioether (sulfide) groups is 1. The SMILES string of the molecule is CCC(CNC(=O)CSc1nnc(-c2ccc(N(CC)CC)cc2)o1)c1ccccc1. The number of rotatable bonds is 11. The molecular formula is C24H30N4O2S. The molecule has 2 aromatic carbocycles. The molecular weight excluding hydrogens is 408 g/mol. The van der Waals surface area contributed by atoms with Crippen molar-refractivity contribution in [3.8, 4) is 11.5 Å². The molecule has 0 spiro atoms. The molecule has 1 atom stereocenters. The summed E-state index contributed by atoms with van der Waals surface area (Å²) in [6.45, 7) is 8.95. The van der Waals surface area contributed by atoms with Gasteiger partial charge in [-0.05, 0) is 50.1 Å². The maximum atomic E-state index is 12.3. The molecule has 1 aromatic heterocycles. The van der Waals surface area contributed by atoms with Crippen molar-refractivity contribution in [1.29, 1.82) is 0 Å². The number of amides is 1. The summed E-state index contributed by atoms with van der Waals surface area (Å²) in [5, 5.41) is 11.6. The summed E-state index contributed by atoms with van der Waals surface area (Å²) in [7, 11) is 0. The van der Waals surface area contributed by atoms with Crippen LogP contribution in [0.3, 0.4) is 0 Å². The highest BCUT2D eigenvalue weighted by Crippen LogP contribution is 2.25. The smallest absolute Gasteiger partial charge is 0.277 e. The van der Waals surface area contributed by atoms with Gasteiger partial charge in [-0.15, -0.1) is 10.2 Å². The first-order chi connectivity index (χ1) is 15.1. The minimum atomic E-state index is -0.0392. The van der Waals surface area contributed by atoms with E-state index in [0.717, 1.165) is 25.1 Å². The predicted octanol–water partition coefficient (Wildman–Crippen LogP) is 4.98. The Kier molecular flexibility index (Phi) is 8.53. The molecule has 1 heterocycles. The Morgan fingerprint density at radius 1 is 1.03 bits per heavy atom. The van der Waals surface area contributed by atoms with Crippen LogP contribution in [0.4, 0.5) is 5.69 Å². The first kappa shape index (κ1) is 22.9. The monoisotopic (exact) mass is 438 g/mol. The highest BCUT2D eigenvalue weighted by Gasteiger charge is 2.14. The minimum Gasteiger partial charge on any atom is -0.411 e. The Morgan fingerprint density at radius 2 is 1.74 bits per heavy atom. The molecule has 1 unspecified atom stereocenters. The van der Waals surface area contributed by atoms with Crippen LogP contribution in [0.1, 0.15) is 38.7 Å². The van der Waals surface area contributed by atoms with Gasteiger partial charge in [-0.3, -0.25) is 4.79 Å². The van der Waals surface area contributed by atoms with E-state index in [1.54, 1.807) is 0 Å². The van der Waals surface area contributed by atoms with Gasteiger partial charge in [-0.2, -0.15) is 0 Å². The normalized spacial score (nSPS) is 11.8. The molecule has 0 saturated carbocycles. The van der Waals surface area contributed by atoms with E-state index in [0.29, 0.717) is 23.6 Å². The van der Waals surface area contributed by atoms with Crippen molar-refractivity contribution < 1.29 is 9.21 Å². The molecule has 3 rings (SSSR count). The number of anilines is 1. The van der Waals surface area contributed by atoms with E-state index >= 15 is 0 Å². The molecule has 1 N–H and O–H groups in total. The fourth-order valence-corrected chi connectivity index (χ4v) is 4.02. The molecule has 0 fully saturated rings. The van der Waals surface area contributed by atoms with Crippen LogP contribution in [-0.4, -0.2) is 41.5 Å². The largest absolute Gasteiger partial charge is 0.411 e. The fourth-order valence-electron chi connectivity index (χ4n) is 3.43. The van der Waals surface area contributed by atoms with Crippen molar-refractivity contribution in [2.45, 2.75) is 38.3 Å². The molecule has 0 bridgehead atoms. The third-order valence-corrected chi connectivity index (χ3v) is 6.10. The average Bonchev–Trinajstić information content (AvgIpc) is 3.29. The van der Waals surface area contributed by atoms with Crippen molar-refractivity contribution in [3.63, 3.8) is 0 Å². The molecule has 7 heteroatoms. The Bertz CT molecular complexity index is 940. The van der Waals surface area contributed by atoms with Gasteiger partial charge < -0.3 is 14.6 Å². The summed E-state index contributed by atoms with van der Waals surface area (Å²) in [6, 6.07) is 18.3. The predicted molar refractivity (Wildman–Crippen MR) is 127 cm³/mol. The van der Waals surface area contributed by atoms with Gasteiger partial charge in [0.05, 0.1) is 5.75 Å². The van der Waals surface area contributed by atoms with E-state index in [1.807, 2.05) is 30.3 Å². The van der Waals surface area contributed by atoms with Crippen molar-refractivity contribution in [2.24, 2.45) is 0 Å². The van der Waals surface area contributed by atoms with Crippen molar-refractivity contribution in [3.05, 3.63) is 60.2 Å². The zero-order valence-electron chi connectivity index (χ0n) is 18.4. The number of hydrogen-bond acceptors (Lipinski definition) is 6. The lowest BCUT2D eigenvalue weighted by atomic mass is 9.96. The van der Waals surface area contributed by atoms with E-state index in [9.17, 15) is 4.79 Å². The van der Waals surface area contributed by atoms with E-state index < -0.39 is 0 Å². The number of hydrogen-bond donors (Lipinski definition) is 1. The number of carbonyl (C=O) groups is 1. The van der Waals surface area contributed by atoms with Crippen molar-refractivity contribution in [2.75, 3.05) is 30.3 Å². The van der Waals surface area contributed by atoms with Crippen LogP contribution < -0.4 is 10.2 Å². The number of aromatic nitrogens is 2. The van der Waals surface area contributed by atoms with Gasteiger partial charge in [0, 0.05) is 36.8 Å². The van der Waals surface area contributed by atoms with Gasteiger partial charge >= 0.3 is 0 Å². The first-order valence-corrected chi connectivity index (χ1v) is 11.8. The summed E-state index contributed by atoms with van der Waals surface area (Å²) in [6.07, 6.45) is 0.970. The molecule has 0 aliphatic carbocycles. The van der Waals surface area contributed by atoms with Gasteiger partial charge in [0.15, 0.2) is 0 Å². The Morgan fingerprint density at radius 3 is 2.39 bits per heavy atom. The van der Waals surface area contributed by atoms with Crippen LogP contribution in [0.5, 0.6) is 0 Å². The molecule has 0 saturated heterocycles. The third-order valence-electron chi connectivity index (χ3n) is 5.29. The molecule has 31 heavy (non-hydrogen) atoms. The molecule has 3 aromatic rings. The average molecular weight is 439 g/mol. The molecule has 0 radical (unpaired) electrons. The number of nitrogens with one attached hydrogen (secondary N) is 1. The molecule has 164 valence electrons. The summed E-state index contributed by atoms with van der Waals surface area (Å²) in [4.78, 5) is 14.6. The summed E-state index contributed by atoms with van der Waals surface area (Å²) >= 11 is 1.25. The molecule has 1 amide bonds. The topological polar surface area (TPSA) is 71.3 Å². The van der Waals surface area contributed by atoms with Gasteiger partial charge in [0.1, 0.15) is 0 Å². The third kappa shape index (κ3) is 6.34. The van der Waals surface area contributed by atoms with Crippen molar-refractivity contribution in [1.82, 2.24) is 15.5 Å². The molecule has 0 aliphatic rings. The van der Waals surface area contributed by atoms with Crippen LogP contribution in [0.15, 0.2) is 64.2 Å². The number of benzene rings is 2. The lowest BCUT2D eigenvalue weighted by molar-refractivity contribution is -0.118. The minimum absolute atomic E-state index is 0.0392. The second-order valence-corrected chi connectivity index (χ2v) is 8.13. The van der Waals surface area contributed by atoms with Crippen LogP contribution in [0.25, 0.3) is 11.5 Å². The van der Waals surface area contributed by atoms with Gasteiger partial charge in [-0.1, -0.05) is 49.0 Å². The summed E-state index contributed by atoms with van der Waals surface area (Å²) in [5.41, 5.74) is 3.28. The molecule has 0 aliphatic heterocycles. The van der Waals surface area contributed by atoms with Crippen LogP contribution in [-0.2, 0) is 4.79 Å². The van der Waals surface area contributed by atoms with E-state index in [-0.39, 0.29) is 11.7 Å². The van der Waals surface area contributed by atoms with Gasteiger partial charge in [0.25, 0.3) is 5.22 Å². The fraction of sp³-hybridized carbons (Fsp3) is 0.375. The van der Waals surface area contributed by atoms with Crippen LogP contribution >= 0.6 is 11.8 Å². The Hall–Kier alpha value is -2.80. The highest BCUT2D eigenvalue weighted by molar-refractivity contribution is 7.99. The Balaban J connectivity index is 1.50. The summed E-state index contributed by atoms with van der Waals surface area (Å²) in [5.74, 6) is 0.976. The zero-order chi connectivity index (χ0) is 22.1. The second-order valence-electron chi connectivity index (χ2n) is 7.20. The number of nitrogens with zero attached hydrogens (tertiary/aromatic N) is 3. The van der Waals surface area contributed by atoms with E-state index in [1.165, 1.54) is 23.0 Å². The summed E-state index contributed by atoms with van der Waals surface area (Å²) < 4.78 is 5.74. The first-order valence-electron chi connectivity index (χ1n) is 10.8. The standard InChI is InChI=1S/C24H30N4O2S/c1-4-18(19-10-8-7-9-11-19)16-25-22(29)17-31-24-27-26-23(30-24)20-12-14-21(15-13-20)28(5-2)6-3/h7-15,18H,4-6,16-17H2,1-3H3,(H,25,29). The molecule has 6 nitrogen and oxygen atoms in total. The van der Waals surface area contributed by atoms with Crippen molar-refractivity contribution >= 4 is 23.4 Å². The quantitative estimate of drug-likeness (QED) is 0.426. The Labute approximate surface area is 188 Å². The number of carbonyl (C=O) groups excluding carboxylic acids is 1. The van der Waals surface area contributed by atoms with E-state index in [4.69, 9.17) is 4.42 Å². The van der Waals surface area contributed by atoms with Crippen LogP contribution in [0.2, 0.25) is 0 Å². The highest BCUT2D eigenvalue weighted by atomic mass is 32.2. The maximum Gasteiger partial charge on any atom is 0.277 e.